The summed E-state index contributed by atoms with van der Waals surface area (Å²) in [5, 5.41) is 7.87. The second-order valence-electron chi connectivity index (χ2n) is 3.35. The third-order valence-corrected chi connectivity index (χ3v) is 3.11. The lowest BCUT2D eigenvalue weighted by Crippen LogP contribution is -2.25. The molecule has 17 heavy (non-hydrogen) atoms. The SMILES string of the molecule is CC(N)C(=O)O.COC(=O)c1c2cccc1S2. The Morgan fingerprint density at radius 3 is 2.18 bits per heavy atom. The van der Waals surface area contributed by atoms with Crippen LogP contribution in [-0.2, 0) is 9.53 Å². The Kier molecular flexibility index (Phi) is 4.53. The maximum absolute atomic E-state index is 11.0. The molecule has 0 fully saturated rings. The summed E-state index contributed by atoms with van der Waals surface area (Å²) in [5.41, 5.74) is 5.57. The van der Waals surface area contributed by atoms with Crippen molar-refractivity contribution >= 4 is 23.7 Å². The van der Waals surface area contributed by atoms with Crippen molar-refractivity contribution < 1.29 is 19.4 Å². The molecule has 3 rings (SSSR count). The van der Waals surface area contributed by atoms with Crippen LogP contribution in [0.25, 0.3) is 0 Å². The molecule has 0 saturated carbocycles. The lowest BCUT2D eigenvalue weighted by molar-refractivity contribution is -0.138. The summed E-state index contributed by atoms with van der Waals surface area (Å²) in [6.45, 7) is 1.42. The second-order valence-corrected chi connectivity index (χ2v) is 4.43. The Hall–Kier alpha value is -1.53. The molecule has 5 nitrogen and oxygen atoms in total. The Bertz CT molecular complexity index is 425. The highest BCUT2D eigenvalue weighted by Gasteiger charge is 2.25. The first-order chi connectivity index (χ1) is 7.97. The van der Waals surface area contributed by atoms with Crippen LogP contribution in [0.1, 0.15) is 17.3 Å². The van der Waals surface area contributed by atoms with E-state index < -0.39 is 12.0 Å². The fourth-order valence-corrected chi connectivity index (χ4v) is 2.02. The molecule has 3 N–H and O–H groups in total. The average Bonchev–Trinajstić information content (AvgIpc) is 2.30. The van der Waals surface area contributed by atoms with Crippen molar-refractivity contribution in [2.24, 2.45) is 5.73 Å². The Labute approximate surface area is 103 Å². The highest BCUT2D eigenvalue weighted by atomic mass is 32.2. The van der Waals surface area contributed by atoms with Gasteiger partial charge in [-0.3, -0.25) is 4.79 Å². The minimum absolute atomic E-state index is 0.227. The van der Waals surface area contributed by atoms with E-state index in [-0.39, 0.29) is 5.97 Å². The number of esters is 1. The van der Waals surface area contributed by atoms with Crippen molar-refractivity contribution in [1.82, 2.24) is 0 Å². The zero-order chi connectivity index (χ0) is 13.0. The first-order valence-electron chi connectivity index (χ1n) is 4.85. The summed E-state index contributed by atoms with van der Waals surface area (Å²) in [7, 11) is 1.40. The molecule has 0 amide bonds. The molecule has 2 aliphatic rings. The van der Waals surface area contributed by atoms with E-state index in [0.717, 1.165) is 15.4 Å². The summed E-state index contributed by atoms with van der Waals surface area (Å²) in [4.78, 5) is 22.7. The van der Waals surface area contributed by atoms with E-state index in [1.807, 2.05) is 18.2 Å². The predicted molar refractivity (Wildman–Crippen MR) is 63.2 cm³/mol. The molecular formula is C11H13NO4S. The largest absolute Gasteiger partial charge is 0.480 e. The highest BCUT2D eigenvalue weighted by Crippen LogP contribution is 2.44. The molecule has 92 valence electrons. The molecule has 6 heteroatoms. The lowest BCUT2D eigenvalue weighted by Gasteiger charge is -2.19. The molecule has 0 aromatic heterocycles. The molecule has 1 aromatic rings. The van der Waals surface area contributed by atoms with Gasteiger partial charge in [0.2, 0.25) is 0 Å². The number of benzene rings is 1. The standard InChI is InChI=1S/C8H6O2S.C3H7NO2/c1-10-8(9)7-5-3-2-4-6(7)11-5;1-2(4)3(5)6/h2-4H,1H3;2H,4H2,1H3,(H,5,6). The number of methoxy groups -OCH3 is 1. The summed E-state index contributed by atoms with van der Waals surface area (Å²) in [6, 6.07) is 5.05. The summed E-state index contributed by atoms with van der Waals surface area (Å²) in [6.07, 6.45) is 0. The lowest BCUT2D eigenvalue weighted by atomic mass is 10.2. The van der Waals surface area contributed by atoms with Gasteiger partial charge in [0.1, 0.15) is 6.04 Å². The van der Waals surface area contributed by atoms with Crippen molar-refractivity contribution in [3.05, 3.63) is 23.8 Å². The average molecular weight is 255 g/mol. The van der Waals surface area contributed by atoms with Gasteiger partial charge in [-0.1, -0.05) is 17.8 Å². The van der Waals surface area contributed by atoms with E-state index in [4.69, 9.17) is 10.8 Å². The molecular weight excluding hydrogens is 242 g/mol. The van der Waals surface area contributed by atoms with Gasteiger partial charge in [0, 0.05) is 9.79 Å². The normalized spacial score (nSPS) is 12.6. The van der Waals surface area contributed by atoms with Gasteiger partial charge in [-0.05, 0) is 19.1 Å². The Balaban J connectivity index is 0.000000209. The maximum atomic E-state index is 11.0. The molecule has 2 aliphatic heterocycles. The van der Waals surface area contributed by atoms with Gasteiger partial charge >= 0.3 is 11.9 Å². The molecule has 2 heterocycles. The van der Waals surface area contributed by atoms with Gasteiger partial charge in [-0.25, -0.2) is 4.79 Å². The van der Waals surface area contributed by atoms with Gasteiger partial charge in [0.15, 0.2) is 0 Å². The van der Waals surface area contributed by atoms with E-state index in [9.17, 15) is 9.59 Å². The number of nitrogens with two attached hydrogens (primary N) is 1. The van der Waals surface area contributed by atoms with Crippen LogP contribution < -0.4 is 5.73 Å². The summed E-state index contributed by atoms with van der Waals surface area (Å²) >= 11 is 1.62. The third-order valence-electron chi connectivity index (χ3n) is 1.99. The van der Waals surface area contributed by atoms with E-state index in [0.29, 0.717) is 0 Å². The molecule has 1 unspecified atom stereocenters. The van der Waals surface area contributed by atoms with Crippen LogP contribution in [0, 0.1) is 0 Å². The molecule has 0 saturated heterocycles. The number of ether oxygens (including phenoxy) is 1. The number of carbonyl (C=O) groups is 2. The Morgan fingerprint density at radius 2 is 1.88 bits per heavy atom. The van der Waals surface area contributed by atoms with Gasteiger partial charge in [0.25, 0.3) is 0 Å². The van der Waals surface area contributed by atoms with Crippen LogP contribution >= 0.6 is 11.8 Å². The first kappa shape index (κ1) is 13.5. The van der Waals surface area contributed by atoms with Crippen molar-refractivity contribution in [3.8, 4) is 0 Å². The van der Waals surface area contributed by atoms with Crippen molar-refractivity contribution in [1.29, 1.82) is 0 Å². The highest BCUT2D eigenvalue weighted by molar-refractivity contribution is 8.00. The summed E-state index contributed by atoms with van der Waals surface area (Å²) in [5.74, 6) is -1.19. The Morgan fingerprint density at radius 1 is 1.41 bits per heavy atom. The van der Waals surface area contributed by atoms with Crippen LogP contribution in [0.15, 0.2) is 28.0 Å². The quantitative estimate of drug-likeness (QED) is 0.787. The van der Waals surface area contributed by atoms with Crippen LogP contribution in [0.5, 0.6) is 0 Å². The number of carboxylic acids is 1. The van der Waals surface area contributed by atoms with Gasteiger partial charge < -0.3 is 15.6 Å². The molecule has 0 aliphatic carbocycles. The van der Waals surface area contributed by atoms with E-state index in [1.54, 1.807) is 11.8 Å². The van der Waals surface area contributed by atoms with Gasteiger partial charge in [-0.15, -0.1) is 0 Å². The fourth-order valence-electron chi connectivity index (χ4n) is 1.06. The zero-order valence-electron chi connectivity index (χ0n) is 9.47. The number of carboxylic acid groups (broad SMARTS) is 1. The molecule has 2 bridgehead atoms. The van der Waals surface area contributed by atoms with E-state index in [2.05, 4.69) is 4.74 Å². The second kappa shape index (κ2) is 5.70. The number of hydrogen-bond acceptors (Lipinski definition) is 5. The minimum Gasteiger partial charge on any atom is -0.480 e. The minimum atomic E-state index is -0.963. The number of hydrogen-bond donors (Lipinski definition) is 2. The smallest absolute Gasteiger partial charge is 0.340 e. The topological polar surface area (TPSA) is 89.6 Å². The van der Waals surface area contributed by atoms with Crippen LogP contribution in [0.3, 0.4) is 0 Å². The number of fused-ring (bicyclic) bond motifs is 2. The van der Waals surface area contributed by atoms with Gasteiger partial charge in [0.05, 0.1) is 12.7 Å². The number of carbonyl (C=O) groups excluding carboxylic acids is 1. The maximum Gasteiger partial charge on any atom is 0.340 e. The molecule has 0 spiro atoms. The van der Waals surface area contributed by atoms with Crippen LogP contribution in [0.2, 0.25) is 0 Å². The number of aliphatic carboxylic acids is 1. The van der Waals surface area contributed by atoms with Gasteiger partial charge in [-0.2, -0.15) is 0 Å². The monoisotopic (exact) mass is 255 g/mol. The summed E-state index contributed by atoms with van der Waals surface area (Å²) < 4.78 is 4.61. The zero-order valence-corrected chi connectivity index (χ0v) is 10.3. The predicted octanol–water partition coefficient (Wildman–Crippen LogP) is 1.36. The van der Waals surface area contributed by atoms with Crippen LogP contribution in [0.4, 0.5) is 0 Å². The number of rotatable bonds is 2. The van der Waals surface area contributed by atoms with Crippen molar-refractivity contribution in [3.63, 3.8) is 0 Å². The molecule has 1 aromatic carbocycles. The van der Waals surface area contributed by atoms with Crippen molar-refractivity contribution in [2.45, 2.75) is 22.8 Å². The molecule has 1 atom stereocenters. The molecule has 0 radical (unpaired) electrons. The van der Waals surface area contributed by atoms with Crippen molar-refractivity contribution in [2.75, 3.05) is 7.11 Å². The van der Waals surface area contributed by atoms with E-state index in [1.165, 1.54) is 14.0 Å². The third kappa shape index (κ3) is 3.21. The van der Waals surface area contributed by atoms with Crippen LogP contribution in [-0.4, -0.2) is 30.2 Å². The fraction of sp³-hybridized carbons (Fsp3) is 0.273. The first-order valence-corrected chi connectivity index (χ1v) is 5.66. The van der Waals surface area contributed by atoms with E-state index >= 15 is 0 Å².